The van der Waals surface area contributed by atoms with E-state index in [-0.39, 0.29) is 28.6 Å². The Morgan fingerprint density at radius 2 is 2.00 bits per heavy atom. The molecule has 2 amide bonds. The first kappa shape index (κ1) is 21.9. The molecule has 170 valence electrons. The van der Waals surface area contributed by atoms with Gasteiger partial charge in [0.25, 0.3) is 0 Å². The maximum absolute atomic E-state index is 14.3. The number of urea groups is 1. The quantitative estimate of drug-likeness (QED) is 0.450. The molecule has 0 saturated heterocycles. The molecule has 3 heterocycles. The summed E-state index contributed by atoms with van der Waals surface area (Å²) in [6, 6.07) is 6.66. The smallest absolute Gasteiger partial charge is 0.324 e. The summed E-state index contributed by atoms with van der Waals surface area (Å²) in [6.07, 6.45) is 4.24. The molecule has 0 fully saturated rings. The summed E-state index contributed by atoms with van der Waals surface area (Å²) in [6.45, 7) is 6.06. The lowest BCUT2D eigenvalue weighted by atomic mass is 9.92. The van der Waals surface area contributed by atoms with Gasteiger partial charge in [-0.2, -0.15) is 10.1 Å². The van der Waals surface area contributed by atoms with E-state index in [2.05, 4.69) is 30.7 Å². The number of hydrogen-bond acceptors (Lipinski definition) is 7. The van der Waals surface area contributed by atoms with Gasteiger partial charge in [-0.25, -0.2) is 19.2 Å². The van der Waals surface area contributed by atoms with Gasteiger partial charge in [0, 0.05) is 36.9 Å². The summed E-state index contributed by atoms with van der Waals surface area (Å²) in [7, 11) is 1.72. The summed E-state index contributed by atoms with van der Waals surface area (Å²) in [5, 5.41) is 9.57. The van der Waals surface area contributed by atoms with E-state index in [4.69, 9.17) is 9.15 Å². The number of benzene rings is 1. The summed E-state index contributed by atoms with van der Waals surface area (Å²) < 4.78 is 26.8. The number of aromatic nitrogens is 5. The van der Waals surface area contributed by atoms with Gasteiger partial charge in [0.05, 0.1) is 17.6 Å². The van der Waals surface area contributed by atoms with E-state index in [1.165, 1.54) is 43.1 Å². The van der Waals surface area contributed by atoms with Crippen LogP contribution in [0.25, 0.3) is 11.6 Å². The number of ether oxygens (including phenoxy) is 1. The molecule has 0 aliphatic carbocycles. The zero-order chi connectivity index (χ0) is 23.6. The number of halogens is 1. The van der Waals surface area contributed by atoms with Crippen molar-refractivity contribution >= 4 is 17.5 Å². The molecule has 0 saturated carbocycles. The molecule has 0 bridgehead atoms. The minimum absolute atomic E-state index is 0.0623. The summed E-state index contributed by atoms with van der Waals surface area (Å²) in [4.78, 5) is 24.7. The van der Waals surface area contributed by atoms with Gasteiger partial charge in [0.1, 0.15) is 17.4 Å². The van der Waals surface area contributed by atoms with Gasteiger partial charge in [-0.15, -0.1) is 0 Å². The van der Waals surface area contributed by atoms with Crippen LogP contribution in [0.1, 0.15) is 26.5 Å². The van der Waals surface area contributed by atoms with Crippen molar-refractivity contribution in [1.29, 1.82) is 0 Å². The van der Waals surface area contributed by atoms with E-state index in [0.29, 0.717) is 11.6 Å². The number of rotatable bonds is 5. The SMILES string of the molecule is Cn1nc(C(C)(C)C)cc1NC(=O)Nc1cc(Oc2ccnc(-c3cnco3)n2)ccc1F. The molecule has 33 heavy (non-hydrogen) atoms. The number of carbonyl (C=O) groups is 1. The average molecular weight is 451 g/mol. The van der Waals surface area contributed by atoms with Crippen molar-refractivity contribution in [3.8, 4) is 23.2 Å². The molecule has 0 unspecified atom stereocenters. The zero-order valence-electron chi connectivity index (χ0n) is 18.5. The Bertz CT molecular complexity index is 1280. The van der Waals surface area contributed by atoms with Gasteiger partial charge < -0.3 is 14.5 Å². The maximum atomic E-state index is 14.3. The molecule has 11 heteroatoms. The summed E-state index contributed by atoms with van der Waals surface area (Å²) in [5.41, 5.74) is 0.574. The third kappa shape index (κ3) is 5.14. The maximum Gasteiger partial charge on any atom is 0.324 e. The van der Waals surface area contributed by atoms with Crippen LogP contribution in [-0.2, 0) is 12.5 Å². The Labute approximate surface area is 188 Å². The fraction of sp³-hybridized carbons (Fsp3) is 0.227. The largest absolute Gasteiger partial charge is 0.440 e. The molecular weight excluding hydrogens is 429 g/mol. The molecule has 1 aromatic carbocycles. The number of nitrogens with zero attached hydrogens (tertiary/aromatic N) is 5. The topological polar surface area (TPSA) is 120 Å². The van der Waals surface area contributed by atoms with Gasteiger partial charge in [-0.05, 0) is 12.1 Å². The first-order valence-electron chi connectivity index (χ1n) is 10.0. The standard InChI is InChI=1S/C22H22FN7O3/c1-22(2,3)17-10-18(30(4)29-17)27-21(31)26-15-9-13(5-6-14(15)23)33-19-7-8-25-20(28-19)16-11-24-12-32-16/h5-12H,1-4H3,(H2,26,27,31). The molecule has 0 radical (unpaired) electrons. The normalized spacial score (nSPS) is 11.3. The minimum Gasteiger partial charge on any atom is -0.440 e. The van der Waals surface area contributed by atoms with Crippen LogP contribution in [0.3, 0.4) is 0 Å². The minimum atomic E-state index is -0.622. The highest BCUT2D eigenvalue weighted by Gasteiger charge is 2.20. The van der Waals surface area contributed by atoms with Crippen molar-refractivity contribution in [2.75, 3.05) is 10.6 Å². The Morgan fingerprint density at radius 3 is 2.70 bits per heavy atom. The summed E-state index contributed by atoms with van der Waals surface area (Å²) in [5.74, 6) is 1.00. The lowest BCUT2D eigenvalue weighted by Gasteiger charge is -2.13. The summed E-state index contributed by atoms with van der Waals surface area (Å²) >= 11 is 0. The average Bonchev–Trinajstić information content (AvgIpc) is 3.41. The fourth-order valence-corrected chi connectivity index (χ4v) is 2.85. The lowest BCUT2D eigenvalue weighted by Crippen LogP contribution is -2.21. The van der Waals surface area contributed by atoms with Crippen molar-refractivity contribution in [2.45, 2.75) is 26.2 Å². The highest BCUT2D eigenvalue weighted by atomic mass is 19.1. The van der Waals surface area contributed by atoms with E-state index in [0.717, 1.165) is 5.69 Å². The molecule has 3 aromatic heterocycles. The highest BCUT2D eigenvalue weighted by molar-refractivity contribution is 5.99. The monoisotopic (exact) mass is 451 g/mol. The molecule has 2 N–H and O–H groups in total. The molecule has 0 atom stereocenters. The molecule has 10 nitrogen and oxygen atoms in total. The molecule has 0 aliphatic rings. The third-order valence-electron chi connectivity index (χ3n) is 4.58. The van der Waals surface area contributed by atoms with Gasteiger partial charge in [0.2, 0.25) is 11.7 Å². The molecule has 4 rings (SSSR count). The predicted molar refractivity (Wildman–Crippen MR) is 119 cm³/mol. The first-order valence-corrected chi connectivity index (χ1v) is 10.0. The molecule has 0 aliphatic heterocycles. The van der Waals surface area contributed by atoms with E-state index < -0.39 is 11.8 Å². The second-order valence-corrected chi connectivity index (χ2v) is 8.20. The van der Waals surface area contributed by atoms with Crippen molar-refractivity contribution < 1.29 is 18.3 Å². The van der Waals surface area contributed by atoms with Crippen molar-refractivity contribution in [1.82, 2.24) is 24.7 Å². The second kappa shape index (κ2) is 8.69. The van der Waals surface area contributed by atoms with Crippen LogP contribution in [0.5, 0.6) is 11.6 Å². The number of aryl methyl sites for hydroxylation is 1. The second-order valence-electron chi connectivity index (χ2n) is 8.20. The van der Waals surface area contributed by atoms with Crippen LogP contribution in [0, 0.1) is 5.82 Å². The predicted octanol–water partition coefficient (Wildman–Crippen LogP) is 4.74. The van der Waals surface area contributed by atoms with E-state index in [1.807, 2.05) is 20.8 Å². The van der Waals surface area contributed by atoms with Crippen LogP contribution < -0.4 is 15.4 Å². The highest BCUT2D eigenvalue weighted by Crippen LogP contribution is 2.27. The molecule has 0 spiro atoms. The molecule has 4 aromatic rings. The van der Waals surface area contributed by atoms with Crippen LogP contribution >= 0.6 is 0 Å². The number of anilines is 2. The number of nitrogens with one attached hydrogen (secondary N) is 2. The number of amides is 2. The molecular formula is C22H22FN7O3. The number of carbonyl (C=O) groups excluding carboxylic acids is 1. The first-order chi connectivity index (χ1) is 15.7. The Balaban J connectivity index is 1.47. The van der Waals surface area contributed by atoms with Crippen molar-refractivity contribution in [3.05, 3.63) is 60.6 Å². The van der Waals surface area contributed by atoms with E-state index in [1.54, 1.807) is 17.8 Å². The lowest BCUT2D eigenvalue weighted by molar-refractivity contribution is 0.262. The van der Waals surface area contributed by atoms with E-state index in [9.17, 15) is 9.18 Å². The Hall–Kier alpha value is -4.28. The van der Waals surface area contributed by atoms with Crippen molar-refractivity contribution in [2.24, 2.45) is 7.05 Å². The van der Waals surface area contributed by atoms with E-state index >= 15 is 0 Å². The fourth-order valence-electron chi connectivity index (χ4n) is 2.85. The van der Waals surface area contributed by atoms with Crippen LogP contribution in [0.15, 0.2) is 53.5 Å². The van der Waals surface area contributed by atoms with Gasteiger partial charge in [0.15, 0.2) is 12.2 Å². The Kier molecular flexibility index (Phi) is 5.78. The van der Waals surface area contributed by atoms with Crippen LogP contribution in [-0.4, -0.2) is 30.8 Å². The van der Waals surface area contributed by atoms with Crippen molar-refractivity contribution in [3.63, 3.8) is 0 Å². The third-order valence-corrected chi connectivity index (χ3v) is 4.58. The van der Waals surface area contributed by atoms with Crippen LogP contribution in [0.4, 0.5) is 20.7 Å². The van der Waals surface area contributed by atoms with Crippen LogP contribution in [0.2, 0.25) is 0 Å². The van der Waals surface area contributed by atoms with Gasteiger partial charge in [-0.3, -0.25) is 10.00 Å². The number of oxazole rings is 1. The number of hydrogen-bond donors (Lipinski definition) is 2. The van der Waals surface area contributed by atoms with Gasteiger partial charge >= 0.3 is 6.03 Å². The van der Waals surface area contributed by atoms with Gasteiger partial charge in [-0.1, -0.05) is 20.8 Å². The Morgan fingerprint density at radius 1 is 1.18 bits per heavy atom. The zero-order valence-corrected chi connectivity index (χ0v) is 18.5.